The standard InChI is InChI=1S/C17H24N2O4/c1-3-11-19(16(21)9-10-17(22)23)13(2)12-15(20)18-14-7-5-4-6-8-14/h4-8,13H,3,9-12H2,1-2H3,(H,18,20)(H,22,23). The molecule has 1 atom stereocenters. The van der Waals surface area contributed by atoms with Gasteiger partial charge in [0, 0.05) is 31.1 Å². The second kappa shape index (κ2) is 9.61. The van der Waals surface area contributed by atoms with Crippen LogP contribution in [-0.4, -0.2) is 40.4 Å². The number of nitrogens with one attached hydrogen (secondary N) is 1. The van der Waals surface area contributed by atoms with Gasteiger partial charge in [0.1, 0.15) is 0 Å². The van der Waals surface area contributed by atoms with Crippen LogP contribution in [0.3, 0.4) is 0 Å². The Kier molecular flexibility index (Phi) is 7.80. The van der Waals surface area contributed by atoms with Gasteiger partial charge in [0.05, 0.1) is 6.42 Å². The Labute approximate surface area is 136 Å². The molecule has 2 N–H and O–H groups in total. The van der Waals surface area contributed by atoms with Crippen LogP contribution in [0.1, 0.15) is 39.5 Å². The number of anilines is 1. The zero-order valence-corrected chi connectivity index (χ0v) is 13.6. The number of benzene rings is 1. The summed E-state index contributed by atoms with van der Waals surface area (Å²) >= 11 is 0. The van der Waals surface area contributed by atoms with E-state index >= 15 is 0 Å². The van der Waals surface area contributed by atoms with E-state index in [9.17, 15) is 14.4 Å². The minimum atomic E-state index is -0.996. The smallest absolute Gasteiger partial charge is 0.303 e. The SMILES string of the molecule is CCCN(C(=O)CCC(=O)O)C(C)CC(=O)Nc1ccccc1. The predicted octanol–water partition coefficient (Wildman–Crippen LogP) is 2.51. The topological polar surface area (TPSA) is 86.7 Å². The van der Waals surface area contributed by atoms with Crippen LogP contribution in [-0.2, 0) is 14.4 Å². The third-order valence-electron chi connectivity index (χ3n) is 3.41. The quantitative estimate of drug-likeness (QED) is 0.732. The molecule has 1 unspecified atom stereocenters. The number of hydrogen-bond acceptors (Lipinski definition) is 3. The molecule has 0 saturated carbocycles. The third-order valence-corrected chi connectivity index (χ3v) is 3.41. The Balaban J connectivity index is 2.59. The minimum absolute atomic E-state index is 0.0417. The van der Waals surface area contributed by atoms with E-state index in [0.717, 1.165) is 6.42 Å². The average molecular weight is 320 g/mol. The molecule has 126 valence electrons. The van der Waals surface area contributed by atoms with Crippen LogP contribution in [0.2, 0.25) is 0 Å². The highest BCUT2D eigenvalue weighted by Crippen LogP contribution is 2.11. The monoisotopic (exact) mass is 320 g/mol. The molecule has 0 spiro atoms. The summed E-state index contributed by atoms with van der Waals surface area (Å²) in [5.74, 6) is -1.39. The van der Waals surface area contributed by atoms with E-state index in [1.165, 1.54) is 0 Å². The molecule has 23 heavy (non-hydrogen) atoms. The van der Waals surface area contributed by atoms with Gasteiger partial charge < -0.3 is 15.3 Å². The Hall–Kier alpha value is -2.37. The van der Waals surface area contributed by atoms with Gasteiger partial charge in [0.2, 0.25) is 11.8 Å². The minimum Gasteiger partial charge on any atom is -0.481 e. The van der Waals surface area contributed by atoms with Crippen molar-refractivity contribution >= 4 is 23.5 Å². The predicted molar refractivity (Wildman–Crippen MR) is 88.0 cm³/mol. The molecule has 0 aliphatic rings. The zero-order valence-electron chi connectivity index (χ0n) is 13.6. The molecule has 1 rings (SSSR count). The van der Waals surface area contributed by atoms with Crippen molar-refractivity contribution in [1.82, 2.24) is 4.90 Å². The van der Waals surface area contributed by atoms with Gasteiger partial charge in [-0.15, -0.1) is 0 Å². The highest BCUT2D eigenvalue weighted by atomic mass is 16.4. The summed E-state index contributed by atoms with van der Waals surface area (Å²) in [6, 6.07) is 8.84. The zero-order chi connectivity index (χ0) is 17.2. The molecule has 0 radical (unpaired) electrons. The maximum Gasteiger partial charge on any atom is 0.303 e. The molecule has 2 amide bonds. The van der Waals surface area contributed by atoms with E-state index in [-0.39, 0.29) is 37.1 Å². The van der Waals surface area contributed by atoms with Crippen molar-refractivity contribution in [1.29, 1.82) is 0 Å². The van der Waals surface area contributed by atoms with E-state index in [1.54, 1.807) is 24.0 Å². The number of carboxylic acid groups (broad SMARTS) is 1. The lowest BCUT2D eigenvalue weighted by Crippen LogP contribution is -2.41. The van der Waals surface area contributed by atoms with Gasteiger partial charge in [-0.1, -0.05) is 25.1 Å². The number of amides is 2. The molecule has 6 nitrogen and oxygen atoms in total. The van der Waals surface area contributed by atoms with Crippen molar-refractivity contribution < 1.29 is 19.5 Å². The second-order valence-electron chi connectivity index (χ2n) is 5.45. The molecular formula is C17H24N2O4. The number of rotatable bonds is 9. The van der Waals surface area contributed by atoms with Crippen molar-refractivity contribution in [3.63, 3.8) is 0 Å². The number of hydrogen-bond donors (Lipinski definition) is 2. The number of nitrogens with zero attached hydrogens (tertiary/aromatic N) is 1. The van der Waals surface area contributed by atoms with Gasteiger partial charge in [0.15, 0.2) is 0 Å². The largest absolute Gasteiger partial charge is 0.481 e. The molecule has 0 aliphatic heterocycles. The first-order valence-corrected chi connectivity index (χ1v) is 7.80. The average Bonchev–Trinajstić information content (AvgIpc) is 2.50. The summed E-state index contributed by atoms with van der Waals surface area (Å²) in [5, 5.41) is 11.5. The summed E-state index contributed by atoms with van der Waals surface area (Å²) in [6.45, 7) is 4.26. The van der Waals surface area contributed by atoms with Crippen LogP contribution in [0.5, 0.6) is 0 Å². The molecular weight excluding hydrogens is 296 g/mol. The Morgan fingerprint density at radius 3 is 2.39 bits per heavy atom. The van der Waals surface area contributed by atoms with Crippen LogP contribution < -0.4 is 5.32 Å². The van der Waals surface area contributed by atoms with Crippen LogP contribution in [0.15, 0.2) is 30.3 Å². The molecule has 0 aliphatic carbocycles. The number of carbonyl (C=O) groups is 3. The maximum absolute atomic E-state index is 12.1. The van der Waals surface area contributed by atoms with E-state index in [0.29, 0.717) is 12.2 Å². The number of carbonyl (C=O) groups excluding carboxylic acids is 2. The lowest BCUT2D eigenvalue weighted by Gasteiger charge is -2.28. The second-order valence-corrected chi connectivity index (χ2v) is 5.45. The van der Waals surface area contributed by atoms with Gasteiger partial charge >= 0.3 is 5.97 Å². The Morgan fingerprint density at radius 1 is 1.17 bits per heavy atom. The lowest BCUT2D eigenvalue weighted by atomic mass is 10.1. The van der Waals surface area contributed by atoms with Gasteiger partial charge in [-0.2, -0.15) is 0 Å². The number of para-hydroxylation sites is 1. The van der Waals surface area contributed by atoms with E-state index in [4.69, 9.17) is 5.11 Å². The number of carboxylic acids is 1. The van der Waals surface area contributed by atoms with Crippen molar-refractivity contribution in [3.8, 4) is 0 Å². The highest BCUT2D eigenvalue weighted by molar-refractivity contribution is 5.91. The van der Waals surface area contributed by atoms with Gasteiger partial charge in [-0.3, -0.25) is 14.4 Å². The fraction of sp³-hybridized carbons (Fsp3) is 0.471. The molecule has 0 fully saturated rings. The molecule has 0 bridgehead atoms. The fourth-order valence-electron chi connectivity index (χ4n) is 2.30. The maximum atomic E-state index is 12.1. The molecule has 0 aromatic heterocycles. The molecule has 1 aromatic rings. The summed E-state index contributed by atoms with van der Waals surface area (Å²) in [6.07, 6.45) is 0.694. The first-order valence-electron chi connectivity index (χ1n) is 7.80. The van der Waals surface area contributed by atoms with E-state index in [2.05, 4.69) is 5.32 Å². The Morgan fingerprint density at radius 2 is 1.83 bits per heavy atom. The van der Waals surface area contributed by atoms with Crippen LogP contribution >= 0.6 is 0 Å². The molecule has 6 heteroatoms. The van der Waals surface area contributed by atoms with Crippen molar-refractivity contribution in [2.75, 3.05) is 11.9 Å². The normalized spacial score (nSPS) is 11.6. The first-order chi connectivity index (χ1) is 10.9. The van der Waals surface area contributed by atoms with E-state index in [1.807, 2.05) is 25.1 Å². The fourth-order valence-corrected chi connectivity index (χ4v) is 2.30. The Bertz CT molecular complexity index is 531. The first kappa shape index (κ1) is 18.7. The van der Waals surface area contributed by atoms with Crippen LogP contribution in [0.25, 0.3) is 0 Å². The molecule has 0 heterocycles. The number of aliphatic carboxylic acids is 1. The highest BCUT2D eigenvalue weighted by Gasteiger charge is 2.22. The van der Waals surface area contributed by atoms with Crippen LogP contribution in [0, 0.1) is 0 Å². The summed E-state index contributed by atoms with van der Waals surface area (Å²) in [4.78, 5) is 36.4. The van der Waals surface area contributed by atoms with Crippen LogP contribution in [0.4, 0.5) is 5.69 Å². The van der Waals surface area contributed by atoms with Crippen molar-refractivity contribution in [2.45, 2.75) is 45.6 Å². The van der Waals surface area contributed by atoms with Gasteiger partial charge in [0.25, 0.3) is 0 Å². The van der Waals surface area contributed by atoms with Gasteiger partial charge in [-0.05, 0) is 25.5 Å². The van der Waals surface area contributed by atoms with Crippen molar-refractivity contribution in [3.05, 3.63) is 30.3 Å². The third kappa shape index (κ3) is 6.95. The summed E-state index contributed by atoms with van der Waals surface area (Å²) in [5.41, 5.74) is 0.712. The molecule has 0 saturated heterocycles. The molecule has 1 aromatic carbocycles. The van der Waals surface area contributed by atoms with E-state index < -0.39 is 5.97 Å². The van der Waals surface area contributed by atoms with Gasteiger partial charge in [-0.25, -0.2) is 0 Å². The summed E-state index contributed by atoms with van der Waals surface area (Å²) in [7, 11) is 0. The van der Waals surface area contributed by atoms with Crippen molar-refractivity contribution in [2.24, 2.45) is 0 Å². The summed E-state index contributed by atoms with van der Waals surface area (Å²) < 4.78 is 0. The lowest BCUT2D eigenvalue weighted by molar-refractivity contribution is -0.142.